The van der Waals surface area contributed by atoms with Crippen LogP contribution in [0.4, 0.5) is 8.78 Å². The van der Waals surface area contributed by atoms with Gasteiger partial charge in [0, 0.05) is 27.3 Å². The number of nitrogens with zero attached hydrogens (tertiary/aromatic N) is 2. The van der Waals surface area contributed by atoms with Gasteiger partial charge < -0.3 is 9.47 Å². The number of hydrogen-bond donors (Lipinski definition) is 0. The molecule has 0 amide bonds. The van der Waals surface area contributed by atoms with Crippen molar-refractivity contribution >= 4 is 0 Å². The highest BCUT2D eigenvalue weighted by molar-refractivity contribution is 5.25. The van der Waals surface area contributed by atoms with Crippen LogP contribution in [0.25, 0.3) is 0 Å². The van der Waals surface area contributed by atoms with Crippen LogP contribution in [0.3, 0.4) is 0 Å². The summed E-state index contributed by atoms with van der Waals surface area (Å²) in [6, 6.07) is 4.93. The summed E-state index contributed by atoms with van der Waals surface area (Å²) in [6.45, 7) is 1.87. The molecule has 0 N–H and O–H groups in total. The molecule has 1 atom stereocenters. The molecule has 1 rings (SSSR count). The molecule has 0 heterocycles. The molecular formula is C14H18F2N2O2. The molecule has 1 unspecified atom stereocenters. The predicted octanol–water partition coefficient (Wildman–Crippen LogP) is 2.12. The molecule has 0 spiro atoms. The zero-order chi connectivity index (χ0) is 15.0. The van der Waals surface area contributed by atoms with Gasteiger partial charge >= 0.3 is 0 Å². The molecule has 0 radical (unpaired) electrons. The molecule has 1 aromatic rings. The highest BCUT2D eigenvalue weighted by atomic mass is 19.2. The molecule has 0 fully saturated rings. The summed E-state index contributed by atoms with van der Waals surface area (Å²) in [4.78, 5) is 1.81. The summed E-state index contributed by atoms with van der Waals surface area (Å²) in [5, 5.41) is 9.32. The maximum Gasteiger partial charge on any atom is 0.159 e. The van der Waals surface area contributed by atoms with Crippen molar-refractivity contribution in [3.8, 4) is 6.07 Å². The number of benzene rings is 1. The molecule has 0 aromatic heterocycles. The van der Waals surface area contributed by atoms with Crippen LogP contribution in [0, 0.1) is 23.0 Å². The third-order valence-corrected chi connectivity index (χ3v) is 2.91. The van der Waals surface area contributed by atoms with Gasteiger partial charge in [0.25, 0.3) is 0 Å². The van der Waals surface area contributed by atoms with E-state index in [0.29, 0.717) is 31.9 Å². The van der Waals surface area contributed by atoms with Gasteiger partial charge in [0.1, 0.15) is 6.04 Å². The zero-order valence-corrected chi connectivity index (χ0v) is 11.6. The Labute approximate surface area is 117 Å². The number of halogens is 2. The van der Waals surface area contributed by atoms with E-state index in [4.69, 9.17) is 9.47 Å². The largest absolute Gasteiger partial charge is 0.383 e. The van der Waals surface area contributed by atoms with Crippen LogP contribution in [0.5, 0.6) is 0 Å². The fourth-order valence-electron chi connectivity index (χ4n) is 1.84. The van der Waals surface area contributed by atoms with E-state index in [0.717, 1.165) is 12.1 Å². The molecule has 0 bridgehead atoms. The third-order valence-electron chi connectivity index (χ3n) is 2.91. The van der Waals surface area contributed by atoms with Crippen LogP contribution in [0.1, 0.15) is 11.6 Å². The van der Waals surface area contributed by atoms with Crippen molar-refractivity contribution in [1.82, 2.24) is 4.90 Å². The summed E-state index contributed by atoms with van der Waals surface area (Å²) in [5.74, 6) is -1.88. The number of methoxy groups -OCH3 is 2. The van der Waals surface area contributed by atoms with Crippen LogP contribution < -0.4 is 0 Å². The SMILES string of the molecule is COCCN(CCOC)C(C#N)c1ccc(F)c(F)c1. The van der Waals surface area contributed by atoms with Crippen molar-refractivity contribution in [1.29, 1.82) is 5.26 Å². The van der Waals surface area contributed by atoms with E-state index < -0.39 is 17.7 Å². The van der Waals surface area contributed by atoms with Crippen LogP contribution in [-0.4, -0.2) is 45.4 Å². The quantitative estimate of drug-likeness (QED) is 0.733. The average molecular weight is 284 g/mol. The van der Waals surface area contributed by atoms with Crippen molar-refractivity contribution in [3.05, 3.63) is 35.4 Å². The lowest BCUT2D eigenvalue weighted by atomic mass is 10.1. The van der Waals surface area contributed by atoms with Crippen LogP contribution in [0.2, 0.25) is 0 Å². The Balaban J connectivity index is 2.92. The van der Waals surface area contributed by atoms with Crippen molar-refractivity contribution in [2.75, 3.05) is 40.5 Å². The summed E-state index contributed by atoms with van der Waals surface area (Å²) < 4.78 is 36.3. The first-order chi connectivity index (χ1) is 9.63. The lowest BCUT2D eigenvalue weighted by Gasteiger charge is -2.26. The molecule has 1 aromatic carbocycles. The van der Waals surface area contributed by atoms with Gasteiger partial charge in [-0.1, -0.05) is 6.07 Å². The van der Waals surface area contributed by atoms with Gasteiger partial charge in [-0.05, 0) is 17.7 Å². The molecule has 20 heavy (non-hydrogen) atoms. The summed E-state index contributed by atoms with van der Waals surface area (Å²) in [6.07, 6.45) is 0. The van der Waals surface area contributed by atoms with Crippen LogP contribution in [0.15, 0.2) is 18.2 Å². The number of rotatable bonds is 8. The fraction of sp³-hybridized carbons (Fsp3) is 0.500. The van der Waals surface area contributed by atoms with Gasteiger partial charge in [-0.15, -0.1) is 0 Å². The maximum atomic E-state index is 13.3. The van der Waals surface area contributed by atoms with Gasteiger partial charge in [0.2, 0.25) is 0 Å². The van der Waals surface area contributed by atoms with Gasteiger partial charge in [-0.25, -0.2) is 8.78 Å². The van der Waals surface area contributed by atoms with Crippen molar-refractivity contribution in [2.24, 2.45) is 0 Å². The first-order valence-electron chi connectivity index (χ1n) is 6.20. The van der Waals surface area contributed by atoms with E-state index in [1.807, 2.05) is 0 Å². The van der Waals surface area contributed by atoms with E-state index in [9.17, 15) is 14.0 Å². The maximum absolute atomic E-state index is 13.3. The molecule has 110 valence electrons. The average Bonchev–Trinajstić information content (AvgIpc) is 2.45. The van der Waals surface area contributed by atoms with E-state index in [1.165, 1.54) is 6.07 Å². The highest BCUT2D eigenvalue weighted by Gasteiger charge is 2.21. The summed E-state index contributed by atoms with van der Waals surface area (Å²) in [5.41, 5.74) is 0.415. The monoisotopic (exact) mass is 284 g/mol. The van der Waals surface area contributed by atoms with Gasteiger partial charge in [-0.3, -0.25) is 4.90 Å². The van der Waals surface area contributed by atoms with Crippen LogP contribution in [-0.2, 0) is 9.47 Å². The van der Waals surface area contributed by atoms with E-state index in [1.54, 1.807) is 19.1 Å². The molecule has 6 heteroatoms. The second-order valence-corrected chi connectivity index (χ2v) is 4.23. The first kappa shape index (κ1) is 16.5. The normalized spacial score (nSPS) is 12.4. The predicted molar refractivity (Wildman–Crippen MR) is 70.0 cm³/mol. The van der Waals surface area contributed by atoms with Gasteiger partial charge in [0.05, 0.1) is 19.3 Å². The van der Waals surface area contributed by atoms with Gasteiger partial charge in [-0.2, -0.15) is 5.26 Å². The Morgan fingerprint density at radius 1 is 1.15 bits per heavy atom. The smallest absolute Gasteiger partial charge is 0.159 e. The zero-order valence-electron chi connectivity index (χ0n) is 11.6. The number of nitriles is 1. The molecule has 0 saturated carbocycles. The molecule has 0 aliphatic heterocycles. The lowest BCUT2D eigenvalue weighted by molar-refractivity contribution is 0.101. The molecule has 0 saturated heterocycles. The first-order valence-corrected chi connectivity index (χ1v) is 6.20. The highest BCUT2D eigenvalue weighted by Crippen LogP contribution is 2.21. The van der Waals surface area contributed by atoms with E-state index >= 15 is 0 Å². The van der Waals surface area contributed by atoms with Crippen molar-refractivity contribution < 1.29 is 18.3 Å². The van der Waals surface area contributed by atoms with Crippen molar-refractivity contribution in [3.63, 3.8) is 0 Å². The second-order valence-electron chi connectivity index (χ2n) is 4.23. The number of ether oxygens (including phenoxy) is 2. The topological polar surface area (TPSA) is 45.5 Å². The minimum Gasteiger partial charge on any atom is -0.383 e. The Hall–Kier alpha value is -1.55. The molecule has 4 nitrogen and oxygen atoms in total. The Bertz CT molecular complexity index is 455. The third kappa shape index (κ3) is 4.53. The molecular weight excluding hydrogens is 266 g/mol. The summed E-state index contributed by atoms with van der Waals surface area (Å²) in [7, 11) is 3.13. The number of hydrogen-bond acceptors (Lipinski definition) is 4. The standard InChI is InChI=1S/C14H18F2N2O2/c1-19-7-5-18(6-8-20-2)14(10-17)11-3-4-12(15)13(16)9-11/h3-4,9,14H,5-8H2,1-2H3. The molecule has 0 aliphatic rings. The van der Waals surface area contributed by atoms with E-state index in [-0.39, 0.29) is 0 Å². The molecule has 0 aliphatic carbocycles. The minimum atomic E-state index is -0.957. The minimum absolute atomic E-state index is 0.415. The Kier molecular flexibility index (Phi) is 7.09. The Morgan fingerprint density at radius 3 is 2.20 bits per heavy atom. The fourth-order valence-corrected chi connectivity index (χ4v) is 1.84. The van der Waals surface area contributed by atoms with Gasteiger partial charge in [0.15, 0.2) is 11.6 Å². The van der Waals surface area contributed by atoms with E-state index in [2.05, 4.69) is 6.07 Å². The summed E-state index contributed by atoms with van der Waals surface area (Å²) >= 11 is 0. The Morgan fingerprint density at radius 2 is 1.75 bits per heavy atom. The lowest BCUT2D eigenvalue weighted by Crippen LogP contribution is -2.34. The van der Waals surface area contributed by atoms with Crippen molar-refractivity contribution in [2.45, 2.75) is 6.04 Å². The van der Waals surface area contributed by atoms with Crippen LogP contribution >= 0.6 is 0 Å². The second kappa shape index (κ2) is 8.59.